The van der Waals surface area contributed by atoms with Gasteiger partial charge in [0.05, 0.1) is 18.7 Å². The molecule has 130 valence electrons. The second-order valence-electron chi connectivity index (χ2n) is 5.91. The van der Waals surface area contributed by atoms with Crippen LogP contribution in [0.5, 0.6) is 5.88 Å². The molecule has 7 heteroatoms. The Morgan fingerprint density at radius 3 is 2.92 bits per heavy atom. The molecule has 0 aliphatic carbocycles. The first-order chi connectivity index (χ1) is 12.0. The molecule has 0 bridgehead atoms. The fourth-order valence-electron chi connectivity index (χ4n) is 2.83. The van der Waals surface area contributed by atoms with E-state index in [1.54, 1.807) is 37.4 Å². The van der Waals surface area contributed by atoms with Crippen LogP contribution in [-0.4, -0.2) is 30.5 Å². The van der Waals surface area contributed by atoms with E-state index in [4.69, 9.17) is 4.74 Å². The number of hydrogen-bond donors (Lipinski definition) is 1. The molecular weight excluding hydrogens is 325 g/mol. The number of carbonyl (C=O) groups excluding carboxylic acids is 2. The third kappa shape index (κ3) is 3.45. The van der Waals surface area contributed by atoms with Crippen LogP contribution in [0, 0.1) is 18.7 Å². The number of methoxy groups -OCH3 is 1. The first kappa shape index (κ1) is 16.9. The second kappa shape index (κ2) is 6.88. The fraction of sp³-hybridized carbons (Fsp3) is 0.278. The van der Waals surface area contributed by atoms with Gasteiger partial charge in [0.2, 0.25) is 17.7 Å². The standard InChI is InChI=1S/C18H18FN3O3/c1-11-5-6-15(13(19)8-11)22-10-12(9-16(22)23)17(24)21-14-4-3-7-20-18(14)25-2/h3-8,12H,9-10H2,1-2H3,(H,21,24)/t12-/m1/s1. The van der Waals surface area contributed by atoms with Crippen LogP contribution in [0.1, 0.15) is 12.0 Å². The molecule has 1 aliphatic heterocycles. The van der Waals surface area contributed by atoms with Crippen LogP contribution in [0.4, 0.5) is 15.8 Å². The highest BCUT2D eigenvalue weighted by atomic mass is 19.1. The molecule has 0 unspecified atom stereocenters. The van der Waals surface area contributed by atoms with Gasteiger partial charge in [-0.05, 0) is 36.8 Å². The van der Waals surface area contributed by atoms with Crippen molar-refractivity contribution in [3.05, 3.63) is 47.9 Å². The van der Waals surface area contributed by atoms with Gasteiger partial charge in [0.15, 0.2) is 0 Å². The van der Waals surface area contributed by atoms with Crippen molar-refractivity contribution in [1.82, 2.24) is 4.98 Å². The van der Waals surface area contributed by atoms with Gasteiger partial charge in [-0.2, -0.15) is 0 Å². The molecule has 1 aromatic carbocycles. The van der Waals surface area contributed by atoms with E-state index in [9.17, 15) is 14.0 Å². The first-order valence-electron chi connectivity index (χ1n) is 7.86. The Hall–Kier alpha value is -2.96. The maximum absolute atomic E-state index is 14.1. The molecule has 6 nitrogen and oxygen atoms in total. The van der Waals surface area contributed by atoms with Gasteiger partial charge < -0.3 is 15.0 Å². The zero-order valence-electron chi connectivity index (χ0n) is 14.0. The zero-order chi connectivity index (χ0) is 18.0. The minimum absolute atomic E-state index is 0.0295. The summed E-state index contributed by atoms with van der Waals surface area (Å²) in [7, 11) is 1.46. The molecule has 2 amide bonds. The van der Waals surface area contributed by atoms with Crippen molar-refractivity contribution in [3.8, 4) is 5.88 Å². The van der Waals surface area contributed by atoms with Crippen LogP contribution < -0.4 is 15.0 Å². The summed E-state index contributed by atoms with van der Waals surface area (Å²) in [4.78, 5) is 30.1. The van der Waals surface area contributed by atoms with Crippen LogP contribution >= 0.6 is 0 Å². The molecule has 0 saturated carbocycles. The molecule has 2 aromatic rings. The number of nitrogens with one attached hydrogen (secondary N) is 1. The average molecular weight is 343 g/mol. The summed E-state index contributed by atoms with van der Waals surface area (Å²) in [6.07, 6.45) is 1.58. The summed E-state index contributed by atoms with van der Waals surface area (Å²) >= 11 is 0. The van der Waals surface area contributed by atoms with Crippen molar-refractivity contribution in [2.45, 2.75) is 13.3 Å². The van der Waals surface area contributed by atoms with Gasteiger partial charge in [0, 0.05) is 19.2 Å². The normalized spacial score (nSPS) is 16.8. The lowest BCUT2D eigenvalue weighted by Gasteiger charge is -2.18. The Kier molecular flexibility index (Phi) is 4.65. The SMILES string of the molecule is COc1ncccc1NC(=O)[C@@H]1CC(=O)N(c2ccc(C)cc2F)C1. The number of carbonyl (C=O) groups is 2. The number of aryl methyl sites for hydroxylation is 1. The van der Waals surface area contributed by atoms with E-state index in [0.717, 1.165) is 5.56 Å². The highest BCUT2D eigenvalue weighted by Gasteiger charge is 2.36. The summed E-state index contributed by atoms with van der Waals surface area (Å²) in [5.41, 5.74) is 1.40. The molecule has 1 atom stereocenters. The molecule has 1 fully saturated rings. The number of ether oxygens (including phenoxy) is 1. The number of aromatic nitrogens is 1. The van der Waals surface area contributed by atoms with E-state index in [1.807, 2.05) is 0 Å². The number of pyridine rings is 1. The average Bonchev–Trinajstić information content (AvgIpc) is 2.97. The zero-order valence-corrected chi connectivity index (χ0v) is 14.0. The van der Waals surface area contributed by atoms with Crippen molar-refractivity contribution in [2.75, 3.05) is 23.9 Å². The Bertz CT molecular complexity index is 825. The molecule has 1 aromatic heterocycles. The van der Waals surface area contributed by atoms with E-state index in [0.29, 0.717) is 11.6 Å². The van der Waals surface area contributed by atoms with Crippen molar-refractivity contribution in [2.24, 2.45) is 5.92 Å². The minimum atomic E-state index is -0.571. The number of halogens is 1. The molecule has 3 rings (SSSR count). The smallest absolute Gasteiger partial charge is 0.237 e. The van der Waals surface area contributed by atoms with Crippen molar-refractivity contribution in [3.63, 3.8) is 0 Å². The summed E-state index contributed by atoms with van der Waals surface area (Å²) in [5, 5.41) is 2.72. The molecule has 1 saturated heterocycles. The third-order valence-electron chi connectivity index (χ3n) is 4.11. The predicted octanol–water partition coefficient (Wildman–Crippen LogP) is 2.53. The summed E-state index contributed by atoms with van der Waals surface area (Å²) in [6.45, 7) is 1.91. The fourth-order valence-corrected chi connectivity index (χ4v) is 2.83. The topological polar surface area (TPSA) is 71.5 Å². The summed E-state index contributed by atoms with van der Waals surface area (Å²) in [6, 6.07) is 8.01. The number of benzene rings is 1. The van der Waals surface area contributed by atoms with Crippen LogP contribution in [0.3, 0.4) is 0 Å². The van der Waals surface area contributed by atoms with E-state index in [2.05, 4.69) is 10.3 Å². The van der Waals surface area contributed by atoms with Crippen LogP contribution in [-0.2, 0) is 9.59 Å². The molecular formula is C18H18FN3O3. The predicted molar refractivity (Wildman–Crippen MR) is 91.0 cm³/mol. The van der Waals surface area contributed by atoms with Gasteiger partial charge in [-0.15, -0.1) is 0 Å². The molecule has 0 spiro atoms. The molecule has 1 aliphatic rings. The maximum atomic E-state index is 14.1. The summed E-state index contributed by atoms with van der Waals surface area (Å²) < 4.78 is 19.2. The third-order valence-corrected chi connectivity index (χ3v) is 4.11. The largest absolute Gasteiger partial charge is 0.480 e. The van der Waals surface area contributed by atoms with E-state index < -0.39 is 11.7 Å². The first-order valence-corrected chi connectivity index (χ1v) is 7.86. The van der Waals surface area contributed by atoms with Gasteiger partial charge in [-0.3, -0.25) is 9.59 Å². The van der Waals surface area contributed by atoms with Crippen molar-refractivity contribution in [1.29, 1.82) is 0 Å². The Morgan fingerprint density at radius 1 is 1.40 bits per heavy atom. The molecule has 1 N–H and O–H groups in total. The summed E-state index contributed by atoms with van der Waals surface area (Å²) in [5.74, 6) is -1.35. The van der Waals surface area contributed by atoms with E-state index in [-0.39, 0.29) is 30.5 Å². The number of amides is 2. The second-order valence-corrected chi connectivity index (χ2v) is 5.91. The monoisotopic (exact) mass is 343 g/mol. The minimum Gasteiger partial charge on any atom is -0.480 e. The highest BCUT2D eigenvalue weighted by Crippen LogP contribution is 2.29. The highest BCUT2D eigenvalue weighted by molar-refractivity contribution is 6.03. The van der Waals surface area contributed by atoms with E-state index >= 15 is 0 Å². The van der Waals surface area contributed by atoms with Gasteiger partial charge in [-0.1, -0.05) is 6.07 Å². The molecule has 2 heterocycles. The van der Waals surface area contributed by atoms with Crippen LogP contribution in [0.25, 0.3) is 0 Å². The van der Waals surface area contributed by atoms with Gasteiger partial charge in [0.25, 0.3) is 0 Å². The quantitative estimate of drug-likeness (QED) is 0.926. The van der Waals surface area contributed by atoms with E-state index in [1.165, 1.54) is 18.1 Å². The van der Waals surface area contributed by atoms with Crippen molar-refractivity contribution >= 4 is 23.2 Å². The van der Waals surface area contributed by atoms with Crippen molar-refractivity contribution < 1.29 is 18.7 Å². The van der Waals surface area contributed by atoms with Gasteiger partial charge in [-0.25, -0.2) is 9.37 Å². The Morgan fingerprint density at radius 2 is 2.20 bits per heavy atom. The molecule has 25 heavy (non-hydrogen) atoms. The lowest BCUT2D eigenvalue weighted by Crippen LogP contribution is -2.28. The van der Waals surface area contributed by atoms with Gasteiger partial charge in [0.1, 0.15) is 11.5 Å². The number of rotatable bonds is 4. The number of anilines is 2. The lowest BCUT2D eigenvalue weighted by molar-refractivity contribution is -0.122. The van der Waals surface area contributed by atoms with Gasteiger partial charge >= 0.3 is 0 Å². The Labute approximate surface area is 144 Å². The number of hydrogen-bond acceptors (Lipinski definition) is 4. The Balaban J connectivity index is 1.74. The van der Waals surface area contributed by atoms with Crippen LogP contribution in [0.2, 0.25) is 0 Å². The maximum Gasteiger partial charge on any atom is 0.237 e. The lowest BCUT2D eigenvalue weighted by atomic mass is 10.1. The molecule has 0 radical (unpaired) electrons. The number of nitrogens with zero attached hydrogens (tertiary/aromatic N) is 2. The van der Waals surface area contributed by atoms with Crippen LogP contribution in [0.15, 0.2) is 36.5 Å².